The maximum absolute atomic E-state index is 5.58. The molecule has 1 unspecified atom stereocenters. The summed E-state index contributed by atoms with van der Waals surface area (Å²) in [7, 11) is 0. The van der Waals surface area contributed by atoms with Gasteiger partial charge in [0.25, 0.3) is 0 Å². The number of hydrogen-bond acceptors (Lipinski definition) is 3. The topological polar surface area (TPSA) is 24.5 Å². The van der Waals surface area contributed by atoms with E-state index in [1.165, 1.54) is 32.4 Å². The summed E-state index contributed by atoms with van der Waals surface area (Å²) in [6.07, 6.45) is 5.36. The summed E-state index contributed by atoms with van der Waals surface area (Å²) in [6, 6.07) is 1.68. The van der Waals surface area contributed by atoms with Crippen molar-refractivity contribution in [1.82, 2.24) is 10.2 Å². The quantitative estimate of drug-likeness (QED) is 0.656. The van der Waals surface area contributed by atoms with Crippen molar-refractivity contribution in [2.45, 2.75) is 51.6 Å². The summed E-state index contributed by atoms with van der Waals surface area (Å²) in [5.41, 5.74) is 0. The van der Waals surface area contributed by atoms with Crippen LogP contribution in [0.3, 0.4) is 0 Å². The Bertz CT molecular complexity index is 216. The molecular formula is C14H28N2O. The molecule has 2 rings (SSSR count). The maximum atomic E-state index is 5.58. The van der Waals surface area contributed by atoms with E-state index in [9.17, 15) is 0 Å². The van der Waals surface area contributed by atoms with Crippen LogP contribution in [0.5, 0.6) is 0 Å². The Labute approximate surface area is 106 Å². The van der Waals surface area contributed by atoms with Gasteiger partial charge >= 0.3 is 0 Å². The van der Waals surface area contributed by atoms with E-state index in [0.29, 0.717) is 5.92 Å². The number of rotatable bonds is 8. The fraction of sp³-hybridized carbons (Fsp3) is 1.00. The normalized spacial score (nSPS) is 25.9. The van der Waals surface area contributed by atoms with Crippen molar-refractivity contribution in [3.63, 3.8) is 0 Å². The zero-order chi connectivity index (χ0) is 12.1. The van der Waals surface area contributed by atoms with Gasteiger partial charge in [-0.2, -0.15) is 0 Å². The van der Waals surface area contributed by atoms with Crippen molar-refractivity contribution in [2.24, 2.45) is 5.92 Å². The van der Waals surface area contributed by atoms with Crippen LogP contribution in [0.2, 0.25) is 0 Å². The first-order valence-corrected chi connectivity index (χ1v) is 7.31. The number of nitrogens with one attached hydrogen (secondary N) is 1. The molecule has 0 aromatic rings. The maximum Gasteiger partial charge on any atom is 0.0489 e. The first kappa shape index (κ1) is 13.3. The van der Waals surface area contributed by atoms with E-state index in [0.717, 1.165) is 38.3 Å². The van der Waals surface area contributed by atoms with Crippen molar-refractivity contribution in [3.8, 4) is 0 Å². The van der Waals surface area contributed by atoms with Crippen LogP contribution in [0.25, 0.3) is 0 Å². The van der Waals surface area contributed by atoms with Gasteiger partial charge in [-0.3, -0.25) is 4.90 Å². The van der Waals surface area contributed by atoms with E-state index in [4.69, 9.17) is 4.74 Å². The zero-order valence-electron chi connectivity index (χ0n) is 11.5. The number of likely N-dealkylation sites (tertiary alicyclic amines) is 1. The average Bonchev–Trinajstić information content (AvgIpc) is 3.04. The van der Waals surface area contributed by atoms with Crippen LogP contribution in [0.15, 0.2) is 0 Å². The van der Waals surface area contributed by atoms with Crippen LogP contribution in [-0.2, 0) is 4.74 Å². The van der Waals surface area contributed by atoms with E-state index < -0.39 is 0 Å². The second-order valence-corrected chi connectivity index (χ2v) is 5.99. The molecule has 1 saturated heterocycles. The van der Waals surface area contributed by atoms with Gasteiger partial charge in [0.1, 0.15) is 0 Å². The van der Waals surface area contributed by atoms with Crippen LogP contribution in [-0.4, -0.2) is 49.8 Å². The Balaban J connectivity index is 1.43. The number of hydrogen-bond donors (Lipinski definition) is 1. The van der Waals surface area contributed by atoms with E-state index in [1.807, 2.05) is 0 Å². The molecule has 0 aromatic carbocycles. The zero-order valence-corrected chi connectivity index (χ0v) is 11.5. The van der Waals surface area contributed by atoms with Gasteiger partial charge in [-0.15, -0.1) is 0 Å². The first-order valence-electron chi connectivity index (χ1n) is 7.31. The molecule has 100 valence electrons. The summed E-state index contributed by atoms with van der Waals surface area (Å²) in [6.45, 7) is 9.90. The summed E-state index contributed by atoms with van der Waals surface area (Å²) >= 11 is 0. The highest BCUT2D eigenvalue weighted by atomic mass is 16.5. The molecule has 3 nitrogen and oxygen atoms in total. The van der Waals surface area contributed by atoms with Crippen molar-refractivity contribution >= 4 is 0 Å². The highest BCUT2D eigenvalue weighted by Gasteiger charge is 2.33. The Morgan fingerprint density at radius 3 is 2.82 bits per heavy atom. The second kappa shape index (κ2) is 6.72. The van der Waals surface area contributed by atoms with Crippen LogP contribution in [0.4, 0.5) is 0 Å². The molecule has 0 aromatic heterocycles. The molecule has 1 aliphatic carbocycles. The van der Waals surface area contributed by atoms with Crippen molar-refractivity contribution in [3.05, 3.63) is 0 Å². The molecule has 1 N–H and O–H groups in total. The third-order valence-electron chi connectivity index (χ3n) is 3.63. The third-order valence-corrected chi connectivity index (χ3v) is 3.63. The van der Waals surface area contributed by atoms with E-state index in [2.05, 4.69) is 24.1 Å². The molecular weight excluding hydrogens is 212 g/mol. The van der Waals surface area contributed by atoms with Crippen molar-refractivity contribution in [2.75, 3.05) is 32.8 Å². The lowest BCUT2D eigenvalue weighted by Crippen LogP contribution is -2.34. The minimum absolute atomic E-state index is 0.657. The summed E-state index contributed by atoms with van der Waals surface area (Å²) < 4.78 is 5.58. The molecule has 0 amide bonds. The lowest BCUT2D eigenvalue weighted by Gasteiger charge is -2.15. The molecule has 0 radical (unpaired) electrons. The van der Waals surface area contributed by atoms with E-state index >= 15 is 0 Å². The van der Waals surface area contributed by atoms with E-state index in [1.54, 1.807) is 0 Å². The van der Waals surface area contributed by atoms with Crippen LogP contribution in [0, 0.1) is 5.92 Å². The SMILES string of the molecule is CC(C)COCCCNC1CCN(C2CC2)C1. The Morgan fingerprint density at radius 2 is 2.12 bits per heavy atom. The molecule has 1 saturated carbocycles. The van der Waals surface area contributed by atoms with Gasteiger partial charge in [-0.05, 0) is 38.1 Å². The standard InChI is InChI=1S/C14H28N2O/c1-12(2)11-17-9-3-7-15-13-6-8-16(10-13)14-4-5-14/h12-15H,3-11H2,1-2H3. The van der Waals surface area contributed by atoms with Crippen LogP contribution < -0.4 is 5.32 Å². The molecule has 0 spiro atoms. The number of ether oxygens (including phenoxy) is 1. The van der Waals surface area contributed by atoms with Gasteiger partial charge in [0.05, 0.1) is 0 Å². The van der Waals surface area contributed by atoms with Gasteiger partial charge in [-0.25, -0.2) is 0 Å². The highest BCUT2D eigenvalue weighted by Crippen LogP contribution is 2.29. The predicted octanol–water partition coefficient (Wildman–Crippen LogP) is 1.88. The smallest absolute Gasteiger partial charge is 0.0489 e. The monoisotopic (exact) mass is 240 g/mol. The van der Waals surface area contributed by atoms with Gasteiger partial charge in [-0.1, -0.05) is 13.8 Å². The molecule has 3 heteroatoms. The summed E-state index contributed by atoms with van der Waals surface area (Å²) in [5, 5.41) is 3.66. The number of nitrogens with zero attached hydrogens (tertiary/aromatic N) is 1. The van der Waals surface area contributed by atoms with Gasteiger partial charge < -0.3 is 10.1 Å². The van der Waals surface area contributed by atoms with Crippen LogP contribution in [0.1, 0.15) is 39.5 Å². The lowest BCUT2D eigenvalue weighted by molar-refractivity contribution is 0.107. The summed E-state index contributed by atoms with van der Waals surface area (Å²) in [5.74, 6) is 0.657. The second-order valence-electron chi connectivity index (χ2n) is 5.99. The summed E-state index contributed by atoms with van der Waals surface area (Å²) in [4.78, 5) is 2.66. The van der Waals surface area contributed by atoms with Gasteiger partial charge in [0.15, 0.2) is 0 Å². The molecule has 2 aliphatic rings. The Morgan fingerprint density at radius 1 is 1.29 bits per heavy atom. The third kappa shape index (κ3) is 4.94. The molecule has 2 fully saturated rings. The van der Waals surface area contributed by atoms with Gasteiger partial charge in [0.2, 0.25) is 0 Å². The molecule has 0 bridgehead atoms. The van der Waals surface area contributed by atoms with Crippen molar-refractivity contribution < 1.29 is 4.74 Å². The predicted molar refractivity (Wildman–Crippen MR) is 71.3 cm³/mol. The largest absolute Gasteiger partial charge is 0.381 e. The highest BCUT2D eigenvalue weighted by molar-refractivity contribution is 4.91. The fourth-order valence-corrected chi connectivity index (χ4v) is 2.52. The van der Waals surface area contributed by atoms with E-state index in [-0.39, 0.29) is 0 Å². The molecule has 1 atom stereocenters. The van der Waals surface area contributed by atoms with Crippen LogP contribution >= 0.6 is 0 Å². The Kier molecular flexibility index (Phi) is 5.26. The minimum atomic E-state index is 0.657. The lowest BCUT2D eigenvalue weighted by atomic mass is 10.2. The fourth-order valence-electron chi connectivity index (χ4n) is 2.52. The van der Waals surface area contributed by atoms with Crippen molar-refractivity contribution in [1.29, 1.82) is 0 Å². The Hall–Kier alpha value is -0.120. The average molecular weight is 240 g/mol. The minimum Gasteiger partial charge on any atom is -0.381 e. The molecule has 1 heterocycles. The molecule has 17 heavy (non-hydrogen) atoms. The first-order chi connectivity index (χ1) is 8.25. The van der Waals surface area contributed by atoms with Gasteiger partial charge in [0, 0.05) is 38.4 Å². The molecule has 1 aliphatic heterocycles.